The first-order valence-corrected chi connectivity index (χ1v) is 17.1. The summed E-state index contributed by atoms with van der Waals surface area (Å²) in [4.78, 5) is 16.4. The molecule has 5 rings (SSSR count). The molecule has 1 aromatic carbocycles. The molecular formula is C30H39Cl2N9O2S. The van der Waals surface area contributed by atoms with E-state index in [1.54, 1.807) is 18.3 Å². The Morgan fingerprint density at radius 2 is 1.91 bits per heavy atom. The quantitative estimate of drug-likeness (QED) is 0.457. The van der Waals surface area contributed by atoms with Crippen LogP contribution >= 0.6 is 23.2 Å². The minimum Gasteiger partial charge on any atom is -0.353 e. The first-order valence-electron chi connectivity index (χ1n) is 14.9. The third-order valence-corrected chi connectivity index (χ3v) is 9.49. The Balaban J connectivity index is 1.20. The molecule has 2 fully saturated rings. The average molecular weight is 661 g/mol. The van der Waals surface area contributed by atoms with Crippen LogP contribution in [0.15, 0.2) is 39.9 Å². The van der Waals surface area contributed by atoms with Gasteiger partial charge in [-0.25, -0.2) is 9.71 Å². The molecule has 2 aromatic rings. The third kappa shape index (κ3) is 7.82. The number of rotatable bonds is 6. The SMILES string of the molecule is CC[C@H]1CN(c2ncc(NC3=NS(=O)(=O)NC3=NC(C)(C)C)cc2Cl)CCN1C1CCN(Cc2ccc(Cl)cc2C#N)CC1. The first kappa shape index (κ1) is 32.4. The number of aliphatic imine (C=N–C) groups is 1. The van der Waals surface area contributed by atoms with Gasteiger partial charge in [-0.2, -0.15) is 13.7 Å². The van der Waals surface area contributed by atoms with Crippen LogP contribution < -0.4 is 14.9 Å². The summed E-state index contributed by atoms with van der Waals surface area (Å²) in [5.41, 5.74) is 1.70. The minimum atomic E-state index is -3.86. The van der Waals surface area contributed by atoms with Crippen molar-refractivity contribution in [1.29, 1.82) is 5.26 Å². The van der Waals surface area contributed by atoms with Gasteiger partial charge in [0.2, 0.25) is 0 Å². The van der Waals surface area contributed by atoms with Gasteiger partial charge in [-0.3, -0.25) is 14.8 Å². The van der Waals surface area contributed by atoms with Gasteiger partial charge in [0.25, 0.3) is 0 Å². The standard InChI is InChI=1S/C30H39Cl2N9O2S/c1-5-24-19-40(12-13-41(24)25-8-10-39(11-9-25)18-20-6-7-22(31)14-21(20)16-33)29-26(32)15-23(17-34-29)35-27-28(36-30(2,3)4)38-44(42,43)37-27/h6-7,14-15,17,24-25H,5,8-13,18-19H2,1-4H3,(H,35,37)(H,36,38)/t24-/m0/s1. The second kappa shape index (κ2) is 13.2. The number of piperazine rings is 1. The zero-order valence-electron chi connectivity index (χ0n) is 25.5. The number of amidine groups is 2. The van der Waals surface area contributed by atoms with Crippen molar-refractivity contribution < 1.29 is 8.42 Å². The molecule has 1 aromatic heterocycles. The maximum Gasteiger partial charge on any atom is 0.345 e. The predicted molar refractivity (Wildman–Crippen MR) is 177 cm³/mol. The van der Waals surface area contributed by atoms with Crippen molar-refractivity contribution in [1.82, 2.24) is 19.5 Å². The second-order valence-electron chi connectivity index (χ2n) is 12.5. The fourth-order valence-electron chi connectivity index (χ4n) is 6.07. The second-order valence-corrected chi connectivity index (χ2v) is 14.6. The Morgan fingerprint density at radius 3 is 2.57 bits per heavy atom. The third-order valence-electron chi connectivity index (χ3n) is 8.10. The molecular weight excluding hydrogens is 621 g/mol. The highest BCUT2D eigenvalue weighted by Gasteiger charge is 2.34. The number of nitrogens with zero attached hydrogens (tertiary/aromatic N) is 7. The van der Waals surface area contributed by atoms with E-state index in [2.05, 4.69) is 52.1 Å². The van der Waals surface area contributed by atoms with E-state index in [1.165, 1.54) is 0 Å². The van der Waals surface area contributed by atoms with Crippen LogP contribution in [0, 0.1) is 11.3 Å². The van der Waals surface area contributed by atoms with E-state index in [4.69, 9.17) is 23.2 Å². The molecule has 2 N–H and O–H groups in total. The van der Waals surface area contributed by atoms with Gasteiger partial charge < -0.3 is 10.2 Å². The molecule has 4 heterocycles. The number of anilines is 2. The average Bonchev–Trinajstić information content (AvgIpc) is 3.24. The minimum absolute atomic E-state index is 0.106. The van der Waals surface area contributed by atoms with Crippen molar-refractivity contribution in [3.63, 3.8) is 0 Å². The van der Waals surface area contributed by atoms with E-state index in [1.807, 2.05) is 32.9 Å². The van der Waals surface area contributed by atoms with E-state index < -0.39 is 15.7 Å². The van der Waals surface area contributed by atoms with Crippen LogP contribution in [-0.4, -0.2) is 85.2 Å². The molecule has 11 nitrogen and oxygen atoms in total. The number of hydrogen-bond donors (Lipinski definition) is 2. The van der Waals surface area contributed by atoms with Crippen LogP contribution in [0.1, 0.15) is 58.1 Å². The van der Waals surface area contributed by atoms with Crippen molar-refractivity contribution in [2.45, 2.75) is 71.1 Å². The van der Waals surface area contributed by atoms with Gasteiger partial charge in [0.15, 0.2) is 11.7 Å². The number of pyridine rings is 1. The van der Waals surface area contributed by atoms with Crippen molar-refractivity contribution in [3.8, 4) is 6.07 Å². The number of aromatic nitrogens is 1. The van der Waals surface area contributed by atoms with Gasteiger partial charge >= 0.3 is 10.2 Å². The lowest BCUT2D eigenvalue weighted by atomic mass is 9.97. The van der Waals surface area contributed by atoms with Gasteiger partial charge in [-0.05, 0) is 76.9 Å². The highest BCUT2D eigenvalue weighted by Crippen LogP contribution is 2.31. The van der Waals surface area contributed by atoms with E-state index in [9.17, 15) is 13.7 Å². The first-order chi connectivity index (χ1) is 20.8. The Bertz CT molecular complexity index is 1590. The highest BCUT2D eigenvalue weighted by atomic mass is 35.5. The fourth-order valence-corrected chi connectivity index (χ4v) is 7.33. The summed E-state index contributed by atoms with van der Waals surface area (Å²) in [7, 11) is -3.86. The van der Waals surface area contributed by atoms with Crippen LogP contribution in [0.3, 0.4) is 0 Å². The van der Waals surface area contributed by atoms with Crippen molar-refractivity contribution >= 4 is 56.6 Å². The number of benzene rings is 1. The zero-order chi connectivity index (χ0) is 31.6. The molecule has 3 aliphatic rings. The molecule has 0 amide bonds. The zero-order valence-corrected chi connectivity index (χ0v) is 27.8. The van der Waals surface area contributed by atoms with Crippen LogP contribution in [0.4, 0.5) is 11.5 Å². The predicted octanol–water partition coefficient (Wildman–Crippen LogP) is 4.68. The maximum absolute atomic E-state index is 12.1. The topological polar surface area (TPSA) is 129 Å². The number of piperidine rings is 1. The van der Waals surface area contributed by atoms with Crippen LogP contribution in [0.5, 0.6) is 0 Å². The molecule has 44 heavy (non-hydrogen) atoms. The summed E-state index contributed by atoms with van der Waals surface area (Å²) in [5, 5.41) is 13.6. The molecule has 0 bridgehead atoms. The molecule has 0 aliphatic carbocycles. The van der Waals surface area contributed by atoms with E-state index in [-0.39, 0.29) is 11.7 Å². The number of halogens is 2. The summed E-state index contributed by atoms with van der Waals surface area (Å²) in [6.07, 6.45) is 4.83. The Morgan fingerprint density at radius 1 is 1.16 bits per heavy atom. The molecule has 0 unspecified atom stereocenters. The monoisotopic (exact) mass is 659 g/mol. The largest absolute Gasteiger partial charge is 0.353 e. The normalized spacial score (nSPS) is 22.5. The summed E-state index contributed by atoms with van der Waals surface area (Å²) >= 11 is 12.8. The van der Waals surface area contributed by atoms with Crippen LogP contribution in [0.25, 0.3) is 0 Å². The number of nitrogens with one attached hydrogen (secondary N) is 2. The van der Waals surface area contributed by atoms with Crippen molar-refractivity contribution in [2.24, 2.45) is 9.39 Å². The Kier molecular flexibility index (Phi) is 9.72. The lowest BCUT2D eigenvalue weighted by molar-refractivity contribution is 0.0610. The van der Waals surface area contributed by atoms with E-state index in [0.29, 0.717) is 39.2 Å². The lowest BCUT2D eigenvalue weighted by Crippen LogP contribution is -2.58. The summed E-state index contributed by atoms with van der Waals surface area (Å²) in [6.45, 7) is 13.1. The summed E-state index contributed by atoms with van der Waals surface area (Å²) in [5.74, 6) is 0.973. The molecule has 2 saturated heterocycles. The van der Waals surface area contributed by atoms with Crippen LogP contribution in [-0.2, 0) is 16.8 Å². The van der Waals surface area contributed by atoms with Gasteiger partial charge in [0, 0.05) is 43.3 Å². The van der Waals surface area contributed by atoms with Crippen LogP contribution in [0.2, 0.25) is 10.0 Å². The molecule has 0 radical (unpaired) electrons. The Hall–Kier alpha value is -2.95. The molecule has 3 aliphatic heterocycles. The van der Waals surface area contributed by atoms with Gasteiger partial charge in [-0.1, -0.05) is 36.2 Å². The number of nitriles is 1. The molecule has 14 heteroatoms. The number of likely N-dealkylation sites (tertiary alicyclic amines) is 1. The lowest BCUT2D eigenvalue weighted by Gasteiger charge is -2.47. The molecule has 236 valence electrons. The van der Waals surface area contributed by atoms with E-state index >= 15 is 0 Å². The van der Waals surface area contributed by atoms with Gasteiger partial charge in [0.1, 0.15) is 5.82 Å². The van der Waals surface area contributed by atoms with Gasteiger partial charge in [0.05, 0.1) is 34.1 Å². The van der Waals surface area contributed by atoms with Gasteiger partial charge in [-0.15, -0.1) is 4.40 Å². The summed E-state index contributed by atoms with van der Waals surface area (Å²) in [6, 6.07) is 10.5. The maximum atomic E-state index is 12.1. The number of hydrogen-bond acceptors (Lipinski definition) is 9. The molecule has 0 spiro atoms. The van der Waals surface area contributed by atoms with E-state index in [0.717, 1.165) is 64.1 Å². The Labute approximate surface area is 270 Å². The molecule has 1 atom stereocenters. The highest BCUT2D eigenvalue weighted by molar-refractivity contribution is 7.89. The summed E-state index contributed by atoms with van der Waals surface area (Å²) < 4.78 is 30.3. The smallest absolute Gasteiger partial charge is 0.345 e. The fraction of sp³-hybridized carbons (Fsp3) is 0.533. The van der Waals surface area contributed by atoms with Crippen molar-refractivity contribution in [2.75, 3.05) is 42.9 Å². The molecule has 0 saturated carbocycles. The van der Waals surface area contributed by atoms with Crippen molar-refractivity contribution in [3.05, 3.63) is 51.6 Å².